The number of ether oxygens (including phenoxy) is 6. The van der Waals surface area contributed by atoms with Crippen LogP contribution in [0, 0.1) is 0 Å². The number of ketones is 1. The second kappa shape index (κ2) is 20.2. The minimum atomic E-state index is -4.15. The van der Waals surface area contributed by atoms with E-state index in [0.717, 1.165) is 16.7 Å². The Balaban J connectivity index is 1.41. The molecule has 0 N–H and O–H groups in total. The number of Topliss-reactive ketones (excluding diaryl/α,β-unsaturated/α-hetero) is 1. The maximum Gasteiger partial charge on any atom is 0.331 e. The standard InChI is InChI=1S/C42H51O12PS/c1-6-20-51-42-39(50-21-13-22-55(44,52-27-31-14-9-7-10-15-31)53-28-32-16-11-8-12-17-32)25-34(26-40(42)56(45,46)29-30(2)43)36-19-18-35(54-36)33-23-37(47-3)41(49-5)38(24-33)48-4/h7-12,14-17,23-26,35-36H,6,13,18-22,27-29H2,1-5H3/t35-,36-/m0/s1. The molecule has 302 valence electrons. The summed E-state index contributed by atoms with van der Waals surface area (Å²) in [4.78, 5) is 12.0. The van der Waals surface area contributed by atoms with Crippen molar-refractivity contribution in [1.82, 2.24) is 0 Å². The van der Waals surface area contributed by atoms with Gasteiger partial charge in [0.25, 0.3) is 0 Å². The zero-order chi connectivity index (χ0) is 40.1. The minimum Gasteiger partial charge on any atom is -0.493 e. The van der Waals surface area contributed by atoms with E-state index in [2.05, 4.69) is 0 Å². The molecule has 0 unspecified atom stereocenters. The van der Waals surface area contributed by atoms with Crippen molar-refractivity contribution in [2.45, 2.75) is 69.8 Å². The van der Waals surface area contributed by atoms with Gasteiger partial charge in [0.2, 0.25) is 5.75 Å². The highest BCUT2D eigenvalue weighted by molar-refractivity contribution is 7.92. The smallest absolute Gasteiger partial charge is 0.331 e. The van der Waals surface area contributed by atoms with Gasteiger partial charge in [0.1, 0.15) is 16.4 Å². The summed E-state index contributed by atoms with van der Waals surface area (Å²) in [7, 11) is -3.16. The molecular formula is C42H51O12PS. The molecule has 0 bridgehead atoms. The number of methoxy groups -OCH3 is 3. The van der Waals surface area contributed by atoms with E-state index in [1.165, 1.54) is 20.1 Å². The highest BCUT2D eigenvalue weighted by Crippen LogP contribution is 2.51. The first-order valence-corrected chi connectivity index (χ1v) is 21.9. The average Bonchev–Trinajstić information content (AvgIpc) is 3.70. The average molecular weight is 811 g/mol. The predicted molar refractivity (Wildman–Crippen MR) is 212 cm³/mol. The van der Waals surface area contributed by atoms with Gasteiger partial charge in [-0.05, 0) is 79.1 Å². The van der Waals surface area contributed by atoms with Crippen molar-refractivity contribution < 1.29 is 55.2 Å². The summed E-state index contributed by atoms with van der Waals surface area (Å²) in [6.07, 6.45) is 1.16. The number of rotatable bonds is 22. The third-order valence-corrected chi connectivity index (χ3v) is 12.7. The molecule has 4 aromatic rings. The fraction of sp³-hybridized carbons (Fsp3) is 0.405. The van der Waals surface area contributed by atoms with Gasteiger partial charge in [0, 0.05) is 0 Å². The molecule has 0 saturated carbocycles. The molecule has 0 spiro atoms. The molecule has 0 aliphatic carbocycles. The summed E-state index contributed by atoms with van der Waals surface area (Å²) in [5, 5.41) is 0. The van der Waals surface area contributed by atoms with Crippen molar-refractivity contribution in [3.05, 3.63) is 107 Å². The van der Waals surface area contributed by atoms with Gasteiger partial charge >= 0.3 is 7.60 Å². The summed E-state index contributed by atoms with van der Waals surface area (Å²) >= 11 is 0. The quantitative estimate of drug-likeness (QED) is 0.0553. The molecule has 56 heavy (non-hydrogen) atoms. The highest BCUT2D eigenvalue weighted by Gasteiger charge is 2.34. The lowest BCUT2D eigenvalue weighted by Gasteiger charge is -2.22. The molecule has 14 heteroatoms. The van der Waals surface area contributed by atoms with Gasteiger partial charge in [-0.3, -0.25) is 9.36 Å². The van der Waals surface area contributed by atoms with Crippen molar-refractivity contribution in [1.29, 1.82) is 0 Å². The van der Waals surface area contributed by atoms with E-state index >= 15 is 0 Å². The van der Waals surface area contributed by atoms with Crippen molar-refractivity contribution in [2.75, 3.05) is 46.5 Å². The van der Waals surface area contributed by atoms with E-state index in [4.69, 9.17) is 37.5 Å². The Morgan fingerprint density at radius 1 is 0.732 bits per heavy atom. The largest absolute Gasteiger partial charge is 0.493 e. The Morgan fingerprint density at radius 3 is 1.77 bits per heavy atom. The van der Waals surface area contributed by atoms with E-state index < -0.39 is 35.1 Å². The second-order valence-electron chi connectivity index (χ2n) is 13.4. The molecule has 12 nitrogen and oxygen atoms in total. The van der Waals surface area contributed by atoms with Crippen molar-refractivity contribution in [2.24, 2.45) is 0 Å². The fourth-order valence-electron chi connectivity index (χ4n) is 6.33. The van der Waals surface area contributed by atoms with E-state index in [1.807, 2.05) is 79.7 Å². The topological polar surface area (TPSA) is 142 Å². The number of carbonyl (C=O) groups is 1. The van der Waals surface area contributed by atoms with Crippen LogP contribution in [-0.2, 0) is 46.2 Å². The lowest BCUT2D eigenvalue weighted by molar-refractivity contribution is -0.114. The molecule has 1 aliphatic rings. The fourth-order valence-corrected chi connectivity index (χ4v) is 9.32. The summed E-state index contributed by atoms with van der Waals surface area (Å²) in [5.74, 6) is 0.391. The van der Waals surface area contributed by atoms with Gasteiger partial charge in [-0.2, -0.15) is 0 Å². The van der Waals surface area contributed by atoms with Crippen LogP contribution < -0.4 is 23.7 Å². The van der Waals surface area contributed by atoms with Gasteiger partial charge < -0.3 is 37.5 Å². The van der Waals surface area contributed by atoms with Crippen LogP contribution in [0.2, 0.25) is 0 Å². The molecular weight excluding hydrogens is 759 g/mol. The summed E-state index contributed by atoms with van der Waals surface area (Å²) in [5.41, 5.74) is 3.05. The Bertz CT molecular complexity index is 1980. The van der Waals surface area contributed by atoms with E-state index in [0.29, 0.717) is 42.1 Å². The Morgan fingerprint density at radius 2 is 1.27 bits per heavy atom. The molecule has 5 rings (SSSR count). The molecule has 1 fully saturated rings. The molecule has 0 amide bonds. The van der Waals surface area contributed by atoms with Crippen LogP contribution in [0.3, 0.4) is 0 Å². The van der Waals surface area contributed by atoms with Crippen LogP contribution in [0.15, 0.2) is 89.8 Å². The van der Waals surface area contributed by atoms with Crippen LogP contribution in [-0.4, -0.2) is 60.7 Å². The molecule has 0 aromatic heterocycles. The van der Waals surface area contributed by atoms with Crippen LogP contribution in [0.4, 0.5) is 0 Å². The van der Waals surface area contributed by atoms with Crippen LogP contribution >= 0.6 is 7.60 Å². The lowest BCUT2D eigenvalue weighted by Crippen LogP contribution is -2.17. The van der Waals surface area contributed by atoms with Crippen LogP contribution in [0.1, 0.15) is 74.0 Å². The van der Waals surface area contributed by atoms with E-state index in [-0.39, 0.29) is 61.5 Å². The summed E-state index contributed by atoms with van der Waals surface area (Å²) in [6, 6.07) is 25.7. The zero-order valence-electron chi connectivity index (χ0n) is 32.6. The van der Waals surface area contributed by atoms with Crippen molar-refractivity contribution >= 4 is 23.2 Å². The Labute approximate surface area is 329 Å². The van der Waals surface area contributed by atoms with Gasteiger partial charge in [-0.1, -0.05) is 67.6 Å². The first kappa shape index (κ1) is 42.7. The van der Waals surface area contributed by atoms with Gasteiger partial charge in [-0.25, -0.2) is 8.42 Å². The molecule has 1 saturated heterocycles. The number of hydrogen-bond donors (Lipinski definition) is 0. The van der Waals surface area contributed by atoms with Crippen LogP contribution in [0.5, 0.6) is 28.7 Å². The second-order valence-corrected chi connectivity index (χ2v) is 17.5. The van der Waals surface area contributed by atoms with E-state index in [9.17, 15) is 17.8 Å². The predicted octanol–water partition coefficient (Wildman–Crippen LogP) is 8.85. The van der Waals surface area contributed by atoms with Crippen LogP contribution in [0.25, 0.3) is 0 Å². The maximum absolute atomic E-state index is 14.1. The molecule has 4 aromatic carbocycles. The normalized spacial score (nSPS) is 15.7. The molecule has 1 heterocycles. The minimum absolute atomic E-state index is 0.0138. The first-order valence-electron chi connectivity index (χ1n) is 18.6. The SMILES string of the molecule is CCCOc1c(OCCCP(=O)(OCc2ccccc2)OCc2ccccc2)cc([C@@H]2CC[C@@H](c3cc(OC)c(OC)c(OC)c3)O2)cc1S(=O)(=O)CC(C)=O. The number of benzene rings is 4. The molecule has 2 atom stereocenters. The zero-order valence-corrected chi connectivity index (χ0v) is 34.3. The third-order valence-electron chi connectivity index (χ3n) is 9.05. The lowest BCUT2D eigenvalue weighted by atomic mass is 10.0. The Kier molecular flexibility index (Phi) is 15.4. The molecule has 1 aliphatic heterocycles. The number of hydrogen-bond acceptors (Lipinski definition) is 12. The monoisotopic (exact) mass is 810 g/mol. The number of carbonyl (C=O) groups excluding carboxylic acids is 1. The third kappa shape index (κ3) is 11.4. The van der Waals surface area contributed by atoms with Crippen molar-refractivity contribution in [3.63, 3.8) is 0 Å². The van der Waals surface area contributed by atoms with Gasteiger partial charge in [0.15, 0.2) is 32.8 Å². The maximum atomic E-state index is 14.1. The molecule has 0 radical (unpaired) electrons. The summed E-state index contributed by atoms with van der Waals surface area (Å²) < 4.78 is 89.0. The van der Waals surface area contributed by atoms with Gasteiger partial charge in [-0.15, -0.1) is 0 Å². The highest BCUT2D eigenvalue weighted by atomic mass is 32.2. The van der Waals surface area contributed by atoms with Crippen molar-refractivity contribution in [3.8, 4) is 28.7 Å². The number of sulfone groups is 1. The first-order chi connectivity index (χ1) is 27.0. The van der Waals surface area contributed by atoms with Gasteiger partial charge in [0.05, 0.1) is 66.1 Å². The summed E-state index contributed by atoms with van der Waals surface area (Å²) in [6.45, 7) is 3.56. The Hall–Kier alpha value is -4.39. The van der Waals surface area contributed by atoms with E-state index in [1.54, 1.807) is 20.3 Å².